The zero-order chi connectivity index (χ0) is 9.41. The molecule has 0 aliphatic heterocycles. The van der Waals surface area contributed by atoms with E-state index in [4.69, 9.17) is 5.26 Å². The van der Waals surface area contributed by atoms with E-state index in [2.05, 4.69) is 33.8 Å². The molecule has 0 saturated heterocycles. The molecule has 0 amide bonds. The first kappa shape index (κ1) is 9.58. The summed E-state index contributed by atoms with van der Waals surface area (Å²) in [6.45, 7) is 9.30. The third-order valence-corrected chi connectivity index (χ3v) is 3.81. The molecule has 0 aromatic carbocycles. The van der Waals surface area contributed by atoms with Crippen molar-refractivity contribution in [1.82, 2.24) is 0 Å². The van der Waals surface area contributed by atoms with Crippen molar-refractivity contribution in [3.8, 4) is 6.07 Å². The monoisotopic (exact) mass is 165 g/mol. The van der Waals surface area contributed by atoms with E-state index < -0.39 is 0 Å². The lowest BCUT2D eigenvalue weighted by Gasteiger charge is -2.34. The zero-order valence-corrected chi connectivity index (χ0v) is 8.65. The van der Waals surface area contributed by atoms with Crippen LogP contribution in [0.2, 0.25) is 0 Å². The Morgan fingerprint density at radius 1 is 1.17 bits per heavy atom. The average molecular weight is 165 g/mol. The molecule has 1 saturated carbocycles. The molecule has 0 spiro atoms. The molecule has 1 fully saturated rings. The van der Waals surface area contributed by atoms with Crippen LogP contribution in [0, 0.1) is 28.1 Å². The fraction of sp³-hybridized carbons (Fsp3) is 0.909. The highest BCUT2D eigenvalue weighted by molar-refractivity contribution is 4.98. The van der Waals surface area contributed by atoms with E-state index in [1.165, 1.54) is 12.8 Å². The Morgan fingerprint density at radius 2 is 1.58 bits per heavy atom. The Hall–Kier alpha value is -0.510. The Morgan fingerprint density at radius 3 is 1.92 bits per heavy atom. The van der Waals surface area contributed by atoms with Gasteiger partial charge >= 0.3 is 0 Å². The molecule has 1 nitrogen and oxygen atoms in total. The number of hydrogen-bond acceptors (Lipinski definition) is 1. The van der Waals surface area contributed by atoms with Crippen molar-refractivity contribution in [2.45, 2.75) is 47.0 Å². The van der Waals surface area contributed by atoms with Crippen molar-refractivity contribution in [2.24, 2.45) is 16.7 Å². The van der Waals surface area contributed by atoms with Gasteiger partial charge in [-0.1, -0.05) is 27.7 Å². The average Bonchev–Trinajstić information content (AvgIpc) is 2.02. The maximum absolute atomic E-state index is 8.62. The molecule has 12 heavy (non-hydrogen) atoms. The van der Waals surface area contributed by atoms with Crippen LogP contribution in [-0.4, -0.2) is 0 Å². The van der Waals surface area contributed by atoms with Gasteiger partial charge in [-0.05, 0) is 29.6 Å². The maximum atomic E-state index is 8.62. The quantitative estimate of drug-likeness (QED) is 0.584. The first-order chi connectivity index (χ1) is 5.39. The molecule has 0 heterocycles. The molecule has 0 aromatic heterocycles. The maximum Gasteiger partial charge on any atom is 0.0624 e. The fourth-order valence-corrected chi connectivity index (χ4v) is 2.34. The minimum absolute atomic E-state index is 0.411. The van der Waals surface area contributed by atoms with E-state index in [-0.39, 0.29) is 0 Å². The second-order valence-corrected chi connectivity index (χ2v) is 5.40. The number of nitriles is 1. The van der Waals surface area contributed by atoms with Crippen LogP contribution >= 0.6 is 0 Å². The number of rotatable bonds is 1. The summed E-state index contributed by atoms with van der Waals surface area (Å²) in [5.74, 6) is 0.639. The molecule has 1 heteroatoms. The first-order valence-corrected chi connectivity index (χ1v) is 4.76. The van der Waals surface area contributed by atoms with Gasteiger partial charge in [0.05, 0.1) is 6.07 Å². The number of hydrogen-bond donors (Lipinski definition) is 0. The standard InChI is InChI=1S/C11H19N/c1-10(2)7-9(5-6-12)8-11(10,3)4/h9H,5,7-8H2,1-4H3. The molecule has 0 unspecified atom stereocenters. The number of nitrogens with zero attached hydrogens (tertiary/aromatic N) is 1. The van der Waals surface area contributed by atoms with Crippen LogP contribution in [0.25, 0.3) is 0 Å². The lowest BCUT2D eigenvalue weighted by molar-refractivity contribution is 0.157. The predicted molar refractivity (Wildman–Crippen MR) is 50.5 cm³/mol. The Balaban J connectivity index is 2.69. The first-order valence-electron chi connectivity index (χ1n) is 4.76. The molecule has 0 radical (unpaired) electrons. The second kappa shape index (κ2) is 2.76. The van der Waals surface area contributed by atoms with Crippen LogP contribution in [0.3, 0.4) is 0 Å². The minimum atomic E-state index is 0.411. The highest BCUT2D eigenvalue weighted by Crippen LogP contribution is 2.55. The molecular weight excluding hydrogens is 146 g/mol. The molecular formula is C11H19N. The molecule has 1 rings (SSSR count). The van der Waals surface area contributed by atoms with Gasteiger partial charge in [0, 0.05) is 6.42 Å². The van der Waals surface area contributed by atoms with Crippen LogP contribution in [0.1, 0.15) is 47.0 Å². The summed E-state index contributed by atoms with van der Waals surface area (Å²) in [6, 6.07) is 2.29. The van der Waals surface area contributed by atoms with Gasteiger partial charge in [0.1, 0.15) is 0 Å². The highest BCUT2D eigenvalue weighted by atomic mass is 14.5. The van der Waals surface area contributed by atoms with Gasteiger partial charge in [-0.25, -0.2) is 0 Å². The third kappa shape index (κ3) is 1.48. The summed E-state index contributed by atoms with van der Waals surface area (Å²) in [6.07, 6.45) is 3.17. The lowest BCUT2D eigenvalue weighted by atomic mass is 9.71. The zero-order valence-electron chi connectivity index (χ0n) is 8.65. The van der Waals surface area contributed by atoms with Crippen LogP contribution in [0.5, 0.6) is 0 Å². The smallest absolute Gasteiger partial charge is 0.0624 e. The molecule has 68 valence electrons. The Labute approximate surface area is 75.8 Å². The summed E-state index contributed by atoms with van der Waals surface area (Å²) in [5.41, 5.74) is 0.822. The van der Waals surface area contributed by atoms with Gasteiger partial charge in [0.25, 0.3) is 0 Å². The SMILES string of the molecule is CC1(C)CC(CC#N)CC1(C)C. The van der Waals surface area contributed by atoms with Gasteiger partial charge in [0.15, 0.2) is 0 Å². The predicted octanol–water partition coefficient (Wildman–Crippen LogP) is 3.36. The summed E-state index contributed by atoms with van der Waals surface area (Å²) >= 11 is 0. The molecule has 0 bridgehead atoms. The van der Waals surface area contributed by atoms with Gasteiger partial charge in [-0.2, -0.15) is 5.26 Å². The van der Waals surface area contributed by atoms with Crippen molar-refractivity contribution in [1.29, 1.82) is 5.26 Å². The largest absolute Gasteiger partial charge is 0.198 e. The molecule has 1 aliphatic rings. The Kier molecular flexibility index (Phi) is 2.21. The van der Waals surface area contributed by atoms with Crippen molar-refractivity contribution in [3.63, 3.8) is 0 Å². The fourth-order valence-electron chi connectivity index (χ4n) is 2.34. The normalized spacial score (nSPS) is 26.9. The Bertz CT molecular complexity index is 192. The van der Waals surface area contributed by atoms with E-state index in [0.717, 1.165) is 6.42 Å². The van der Waals surface area contributed by atoms with Crippen molar-refractivity contribution < 1.29 is 0 Å². The highest BCUT2D eigenvalue weighted by Gasteiger charge is 2.45. The van der Waals surface area contributed by atoms with Gasteiger partial charge in [-0.3, -0.25) is 0 Å². The van der Waals surface area contributed by atoms with E-state index in [9.17, 15) is 0 Å². The minimum Gasteiger partial charge on any atom is -0.198 e. The molecule has 0 atom stereocenters. The van der Waals surface area contributed by atoms with Crippen LogP contribution < -0.4 is 0 Å². The molecule has 1 aliphatic carbocycles. The van der Waals surface area contributed by atoms with E-state index in [1.54, 1.807) is 0 Å². The van der Waals surface area contributed by atoms with Crippen molar-refractivity contribution >= 4 is 0 Å². The van der Waals surface area contributed by atoms with Gasteiger partial charge in [-0.15, -0.1) is 0 Å². The van der Waals surface area contributed by atoms with Crippen molar-refractivity contribution in [2.75, 3.05) is 0 Å². The third-order valence-electron chi connectivity index (χ3n) is 3.81. The van der Waals surface area contributed by atoms with E-state index in [1.807, 2.05) is 0 Å². The summed E-state index contributed by atoms with van der Waals surface area (Å²) < 4.78 is 0. The van der Waals surface area contributed by atoms with E-state index >= 15 is 0 Å². The van der Waals surface area contributed by atoms with E-state index in [0.29, 0.717) is 16.7 Å². The van der Waals surface area contributed by atoms with Crippen LogP contribution in [-0.2, 0) is 0 Å². The second-order valence-electron chi connectivity index (χ2n) is 5.40. The summed E-state index contributed by atoms with van der Waals surface area (Å²) in [7, 11) is 0. The van der Waals surface area contributed by atoms with Crippen molar-refractivity contribution in [3.05, 3.63) is 0 Å². The molecule has 0 aromatic rings. The lowest BCUT2D eigenvalue weighted by Crippen LogP contribution is -2.25. The van der Waals surface area contributed by atoms with Crippen LogP contribution in [0.15, 0.2) is 0 Å². The molecule has 0 N–H and O–H groups in total. The van der Waals surface area contributed by atoms with Gasteiger partial charge < -0.3 is 0 Å². The van der Waals surface area contributed by atoms with Crippen LogP contribution in [0.4, 0.5) is 0 Å². The summed E-state index contributed by atoms with van der Waals surface area (Å²) in [4.78, 5) is 0. The topological polar surface area (TPSA) is 23.8 Å². The van der Waals surface area contributed by atoms with Gasteiger partial charge in [0.2, 0.25) is 0 Å². The summed E-state index contributed by atoms with van der Waals surface area (Å²) in [5, 5.41) is 8.62.